The molecule has 5 amide bonds. The van der Waals surface area contributed by atoms with Gasteiger partial charge in [-0.1, -0.05) is 39.5 Å². The molecule has 3 aliphatic heterocycles. The number of hydrogen-bond acceptors (Lipinski definition) is 10. The number of rotatable bonds is 8. The van der Waals surface area contributed by atoms with E-state index in [0.29, 0.717) is 74.8 Å². The first-order valence-corrected chi connectivity index (χ1v) is 22.3. The molecule has 4 heterocycles. The largest absolute Gasteiger partial charge is 0.494 e. The molecule has 17 heteroatoms. The number of ether oxygens (including phenoxy) is 2. The van der Waals surface area contributed by atoms with E-state index in [9.17, 15) is 27.2 Å². The smallest absolute Gasteiger partial charge is 0.318 e. The maximum absolute atomic E-state index is 15.1. The highest BCUT2D eigenvalue weighted by Crippen LogP contribution is 2.49. The summed E-state index contributed by atoms with van der Waals surface area (Å²) in [5.74, 6) is -2.17. The minimum Gasteiger partial charge on any atom is -0.494 e. The molecule has 1 aromatic heterocycles. The molecule has 5 aliphatic rings. The number of piperazine rings is 1. The zero-order valence-electron chi connectivity index (χ0n) is 34.2. The lowest BCUT2D eigenvalue weighted by Gasteiger charge is -2.37. The van der Waals surface area contributed by atoms with Crippen LogP contribution in [0.3, 0.4) is 0 Å². The number of urea groups is 1. The Balaban J connectivity index is 1.23. The molecule has 1 aromatic carbocycles. The zero-order valence-corrected chi connectivity index (χ0v) is 35.0. The van der Waals surface area contributed by atoms with Crippen LogP contribution >= 0.6 is 0 Å². The summed E-state index contributed by atoms with van der Waals surface area (Å²) in [6.45, 7) is 8.08. The SMILES string of the molecule is CC[C@@H]1C[C@H](C)CCCC[C@@H]2C[C@@]2(C(=O)NS(=O)(=O)C2(C)CC2)NC(=O)[C@@H]2C[C@@H](Oc3ncc(OC)c4ccc(F)cc34)CN2C(=O)[C@H]1NC(=O)N1CCN(C)CC1. The fourth-order valence-corrected chi connectivity index (χ4v) is 10.4. The molecule has 3 N–H and O–H groups in total. The number of halogens is 1. The lowest BCUT2D eigenvalue weighted by molar-refractivity contribution is -0.142. The number of fused-ring (bicyclic) bond motifs is 3. The first kappa shape index (κ1) is 41.9. The predicted molar refractivity (Wildman–Crippen MR) is 214 cm³/mol. The molecule has 0 radical (unpaired) electrons. The van der Waals surface area contributed by atoms with Gasteiger partial charge in [-0.05, 0) is 82.0 Å². The highest BCUT2D eigenvalue weighted by Gasteiger charge is 2.63. The van der Waals surface area contributed by atoms with Gasteiger partial charge in [-0.3, -0.25) is 19.1 Å². The number of aromatic nitrogens is 1. The third-order valence-electron chi connectivity index (χ3n) is 13.3. The number of methoxy groups -OCH3 is 1. The van der Waals surface area contributed by atoms with E-state index in [0.717, 1.165) is 19.3 Å². The molecule has 0 unspecified atom stereocenters. The molecule has 7 atom stereocenters. The van der Waals surface area contributed by atoms with Gasteiger partial charge in [0, 0.05) is 38.0 Å². The van der Waals surface area contributed by atoms with Crippen molar-refractivity contribution in [3.63, 3.8) is 0 Å². The topological polar surface area (TPSA) is 180 Å². The Morgan fingerprint density at radius 1 is 1.07 bits per heavy atom. The summed E-state index contributed by atoms with van der Waals surface area (Å²) in [4.78, 5) is 67.4. The van der Waals surface area contributed by atoms with Crippen LogP contribution in [-0.2, 0) is 24.4 Å². The minimum absolute atomic E-state index is 0.00680. The predicted octanol–water partition coefficient (Wildman–Crippen LogP) is 3.56. The normalized spacial score (nSPS) is 30.6. The van der Waals surface area contributed by atoms with Crippen LogP contribution in [-0.4, -0.2) is 127 Å². The second-order valence-corrected chi connectivity index (χ2v) is 19.8. The number of amides is 5. The van der Waals surface area contributed by atoms with E-state index in [1.165, 1.54) is 30.3 Å². The second-order valence-electron chi connectivity index (χ2n) is 17.6. The van der Waals surface area contributed by atoms with Crippen LogP contribution in [0.25, 0.3) is 10.8 Å². The molecular weight excluding hydrogens is 770 g/mol. The van der Waals surface area contributed by atoms with Crippen LogP contribution in [0.5, 0.6) is 11.6 Å². The van der Waals surface area contributed by atoms with Crippen molar-refractivity contribution in [3.05, 3.63) is 30.2 Å². The van der Waals surface area contributed by atoms with E-state index in [1.54, 1.807) is 17.9 Å². The van der Waals surface area contributed by atoms with Crippen LogP contribution < -0.4 is 24.8 Å². The Morgan fingerprint density at radius 3 is 2.48 bits per heavy atom. The van der Waals surface area contributed by atoms with Crippen LogP contribution in [0.1, 0.15) is 85.0 Å². The van der Waals surface area contributed by atoms with Gasteiger partial charge in [-0.25, -0.2) is 22.6 Å². The van der Waals surface area contributed by atoms with Gasteiger partial charge in [0.2, 0.25) is 27.7 Å². The van der Waals surface area contributed by atoms with E-state index in [4.69, 9.17) is 9.47 Å². The quantitative estimate of drug-likeness (QED) is 0.357. The summed E-state index contributed by atoms with van der Waals surface area (Å²) >= 11 is 0. The molecule has 5 fully saturated rings. The van der Waals surface area contributed by atoms with Gasteiger partial charge in [-0.15, -0.1) is 0 Å². The fraction of sp³-hybridized carbons (Fsp3) is 0.683. The molecule has 58 heavy (non-hydrogen) atoms. The summed E-state index contributed by atoms with van der Waals surface area (Å²) in [7, 11) is -0.522. The third-order valence-corrected chi connectivity index (χ3v) is 15.5. The number of nitrogens with zero attached hydrogens (tertiary/aromatic N) is 4. The molecule has 2 saturated carbocycles. The van der Waals surface area contributed by atoms with Crippen molar-refractivity contribution in [2.75, 3.05) is 46.9 Å². The summed E-state index contributed by atoms with van der Waals surface area (Å²) in [5, 5.41) is 6.96. The first-order chi connectivity index (χ1) is 27.6. The van der Waals surface area contributed by atoms with Crippen molar-refractivity contribution in [1.82, 2.24) is 35.0 Å². The van der Waals surface area contributed by atoms with Gasteiger partial charge < -0.3 is 34.8 Å². The molecule has 318 valence electrons. The van der Waals surface area contributed by atoms with E-state index in [1.807, 2.05) is 14.0 Å². The maximum atomic E-state index is 15.1. The van der Waals surface area contributed by atoms with Crippen molar-refractivity contribution in [2.24, 2.45) is 17.8 Å². The van der Waals surface area contributed by atoms with Gasteiger partial charge in [-0.2, -0.15) is 0 Å². The maximum Gasteiger partial charge on any atom is 0.318 e. The van der Waals surface area contributed by atoms with Gasteiger partial charge in [0.25, 0.3) is 5.91 Å². The third kappa shape index (κ3) is 8.43. The molecule has 2 aromatic rings. The molecule has 0 bridgehead atoms. The van der Waals surface area contributed by atoms with E-state index >= 15 is 4.79 Å². The molecule has 0 spiro atoms. The summed E-state index contributed by atoms with van der Waals surface area (Å²) in [5.41, 5.74) is -1.47. The van der Waals surface area contributed by atoms with Crippen molar-refractivity contribution >= 4 is 44.5 Å². The Hall–Kier alpha value is -4.25. The van der Waals surface area contributed by atoms with E-state index in [2.05, 4.69) is 32.2 Å². The van der Waals surface area contributed by atoms with Crippen LogP contribution in [0, 0.1) is 23.6 Å². The Labute approximate surface area is 340 Å². The number of carbonyl (C=O) groups is 4. The summed E-state index contributed by atoms with van der Waals surface area (Å²) < 4.78 is 54.3. The highest BCUT2D eigenvalue weighted by atomic mass is 32.2. The van der Waals surface area contributed by atoms with Crippen molar-refractivity contribution in [2.45, 2.75) is 113 Å². The van der Waals surface area contributed by atoms with Crippen molar-refractivity contribution < 1.29 is 41.5 Å². The lowest BCUT2D eigenvalue weighted by atomic mass is 9.84. The van der Waals surface area contributed by atoms with Gasteiger partial charge in [0.1, 0.15) is 35.3 Å². The van der Waals surface area contributed by atoms with Crippen LogP contribution in [0.2, 0.25) is 0 Å². The van der Waals surface area contributed by atoms with Crippen LogP contribution in [0.4, 0.5) is 9.18 Å². The van der Waals surface area contributed by atoms with Crippen LogP contribution in [0.15, 0.2) is 24.4 Å². The van der Waals surface area contributed by atoms with Crippen molar-refractivity contribution in [1.29, 1.82) is 0 Å². The van der Waals surface area contributed by atoms with Crippen molar-refractivity contribution in [3.8, 4) is 11.6 Å². The highest BCUT2D eigenvalue weighted by molar-refractivity contribution is 7.91. The second kappa shape index (κ2) is 16.4. The Morgan fingerprint density at radius 2 is 1.79 bits per heavy atom. The molecule has 2 aliphatic carbocycles. The average molecular weight is 828 g/mol. The molecule has 7 rings (SSSR count). The first-order valence-electron chi connectivity index (χ1n) is 20.8. The number of sulfonamides is 1. The van der Waals surface area contributed by atoms with Gasteiger partial charge >= 0.3 is 6.03 Å². The number of hydrogen-bond donors (Lipinski definition) is 3. The minimum atomic E-state index is -4.00. The van der Waals surface area contributed by atoms with E-state index < -0.39 is 62.0 Å². The number of likely N-dealkylation sites (N-methyl/N-ethyl adjacent to an activating group) is 1. The number of pyridine rings is 1. The number of carbonyl (C=O) groups excluding carboxylic acids is 4. The molecular formula is C41H58FN7O8S. The van der Waals surface area contributed by atoms with Gasteiger partial charge in [0.05, 0.1) is 30.0 Å². The number of benzene rings is 1. The Kier molecular flexibility index (Phi) is 11.9. The summed E-state index contributed by atoms with van der Waals surface area (Å²) in [6, 6.07) is 1.69. The molecule has 3 saturated heterocycles. The fourth-order valence-electron chi connectivity index (χ4n) is 9.05. The Bertz CT molecular complexity index is 2030. The summed E-state index contributed by atoms with van der Waals surface area (Å²) in [6.07, 6.45) is 6.17. The van der Waals surface area contributed by atoms with E-state index in [-0.39, 0.29) is 49.1 Å². The monoisotopic (exact) mass is 827 g/mol. The zero-order chi connectivity index (χ0) is 41.6. The standard InChI is InChI=1S/C41H58FN7O8S/c1-6-26-19-25(2)9-7-8-10-27-22-41(27,38(52)46-58(54,55)40(3)13-14-40)45-35(50)32-21-29(57-36-31-20-28(42)11-12-30(31)33(56-5)23-43-36)24-49(32)37(51)34(26)44-39(53)48-17-15-47(4)16-18-48/h11-12,20,23,25-27,29,32,34H,6-10,13-19,21-22,24H2,1-5H3,(H,44,53)(H,45,50)(H,46,52)/t25-,26-,27-,29-,32+,34+,41-/m1/s1. The van der Waals surface area contributed by atoms with Gasteiger partial charge in [0.15, 0.2) is 0 Å². The lowest BCUT2D eigenvalue weighted by Crippen LogP contribution is -2.61. The number of nitrogens with one attached hydrogen (secondary N) is 3. The average Bonchev–Trinajstić information content (AvgIpc) is 4.07. The molecule has 15 nitrogen and oxygen atoms in total.